The first-order valence-corrected chi connectivity index (χ1v) is 5.20. The van der Waals surface area contributed by atoms with Gasteiger partial charge < -0.3 is 10.2 Å². The minimum atomic E-state index is 0.207. The minimum Gasteiger partial charge on any atom is -0.508 e. The summed E-state index contributed by atoms with van der Waals surface area (Å²) in [6.07, 6.45) is 1.74. The highest BCUT2D eigenvalue weighted by molar-refractivity contribution is 5.81. The summed E-state index contributed by atoms with van der Waals surface area (Å²) >= 11 is 0. The molecule has 0 atom stereocenters. The molecule has 2 N–H and O–H groups in total. The Labute approximate surface area is 97.4 Å². The van der Waals surface area contributed by atoms with Gasteiger partial charge >= 0.3 is 0 Å². The molecule has 2 aromatic carbocycles. The van der Waals surface area contributed by atoms with Gasteiger partial charge in [-0.05, 0) is 36.4 Å². The smallest absolute Gasteiger partial charge is 0.117 e. The Kier molecular flexibility index (Phi) is 2.01. The van der Waals surface area contributed by atoms with E-state index in [0.29, 0.717) is 0 Å². The third-order valence-electron chi connectivity index (χ3n) is 2.65. The molecular formula is C13H10N2O2. The fourth-order valence-corrected chi connectivity index (χ4v) is 1.81. The second kappa shape index (κ2) is 3.52. The van der Waals surface area contributed by atoms with Gasteiger partial charge in [0.1, 0.15) is 11.5 Å². The number of aromatic nitrogens is 2. The molecule has 1 aromatic heterocycles. The van der Waals surface area contributed by atoms with Crippen molar-refractivity contribution < 1.29 is 10.2 Å². The highest BCUT2D eigenvalue weighted by atomic mass is 16.3. The van der Waals surface area contributed by atoms with E-state index in [-0.39, 0.29) is 11.5 Å². The lowest BCUT2D eigenvalue weighted by atomic mass is 10.2. The van der Waals surface area contributed by atoms with E-state index in [4.69, 9.17) is 0 Å². The zero-order valence-corrected chi connectivity index (χ0v) is 8.91. The van der Waals surface area contributed by atoms with E-state index in [1.165, 1.54) is 0 Å². The molecule has 0 aliphatic rings. The summed E-state index contributed by atoms with van der Waals surface area (Å²) < 4.78 is 1.72. The molecule has 0 saturated heterocycles. The Hall–Kier alpha value is -2.49. The van der Waals surface area contributed by atoms with Crippen LogP contribution < -0.4 is 0 Å². The molecule has 4 heteroatoms. The van der Waals surface area contributed by atoms with Crippen LogP contribution in [-0.4, -0.2) is 20.0 Å². The fourth-order valence-electron chi connectivity index (χ4n) is 1.81. The molecule has 4 nitrogen and oxygen atoms in total. The summed E-state index contributed by atoms with van der Waals surface area (Å²) in [5.74, 6) is 0.422. The van der Waals surface area contributed by atoms with Gasteiger partial charge in [-0.2, -0.15) is 5.10 Å². The maximum Gasteiger partial charge on any atom is 0.117 e. The first kappa shape index (κ1) is 9.72. The third-order valence-corrected chi connectivity index (χ3v) is 2.65. The van der Waals surface area contributed by atoms with Crippen LogP contribution in [0.2, 0.25) is 0 Å². The normalized spacial score (nSPS) is 10.8. The first-order valence-electron chi connectivity index (χ1n) is 5.20. The number of phenols is 2. The Balaban J connectivity index is 2.23. The molecule has 1 heterocycles. The maximum atomic E-state index is 9.48. The predicted molar refractivity (Wildman–Crippen MR) is 64.4 cm³/mol. The van der Waals surface area contributed by atoms with Gasteiger partial charge in [0.25, 0.3) is 0 Å². The standard InChI is InChI=1S/C13H10N2O2/c16-11-5-2-10(3-6-11)15-13-7-12(17)4-1-9(13)8-14-15/h1-8,16-17H. The average Bonchev–Trinajstić information content (AvgIpc) is 2.73. The molecular weight excluding hydrogens is 216 g/mol. The van der Waals surface area contributed by atoms with Crippen LogP contribution in [0.3, 0.4) is 0 Å². The van der Waals surface area contributed by atoms with Crippen LogP contribution in [0.5, 0.6) is 11.5 Å². The number of aromatic hydroxyl groups is 2. The summed E-state index contributed by atoms with van der Waals surface area (Å²) in [6, 6.07) is 11.9. The van der Waals surface area contributed by atoms with Crippen molar-refractivity contribution in [1.29, 1.82) is 0 Å². The van der Waals surface area contributed by atoms with Gasteiger partial charge in [0, 0.05) is 11.5 Å². The molecule has 0 radical (unpaired) electrons. The number of phenolic OH excluding ortho intramolecular Hbond substituents is 2. The number of nitrogens with zero attached hydrogens (tertiary/aromatic N) is 2. The topological polar surface area (TPSA) is 58.3 Å². The van der Waals surface area contributed by atoms with Crippen molar-refractivity contribution in [3.05, 3.63) is 48.7 Å². The highest BCUT2D eigenvalue weighted by Crippen LogP contribution is 2.23. The summed E-state index contributed by atoms with van der Waals surface area (Å²) in [5.41, 5.74) is 1.67. The van der Waals surface area contributed by atoms with Crippen molar-refractivity contribution in [3.8, 4) is 17.2 Å². The summed E-state index contributed by atoms with van der Waals surface area (Å²) in [4.78, 5) is 0. The average molecular weight is 226 g/mol. The second-order valence-corrected chi connectivity index (χ2v) is 3.82. The van der Waals surface area contributed by atoms with Crippen LogP contribution >= 0.6 is 0 Å². The highest BCUT2D eigenvalue weighted by Gasteiger charge is 2.05. The van der Waals surface area contributed by atoms with Gasteiger partial charge in [-0.3, -0.25) is 0 Å². The molecule has 0 saturated carbocycles. The molecule has 0 bridgehead atoms. The van der Waals surface area contributed by atoms with Gasteiger partial charge in [-0.1, -0.05) is 0 Å². The molecule has 0 unspecified atom stereocenters. The maximum absolute atomic E-state index is 9.48. The van der Waals surface area contributed by atoms with E-state index >= 15 is 0 Å². The van der Waals surface area contributed by atoms with Crippen LogP contribution in [0.1, 0.15) is 0 Å². The SMILES string of the molecule is Oc1ccc(-n2ncc3ccc(O)cc32)cc1. The van der Waals surface area contributed by atoms with Crippen molar-refractivity contribution in [2.24, 2.45) is 0 Å². The largest absolute Gasteiger partial charge is 0.508 e. The quantitative estimate of drug-likeness (QED) is 0.670. The number of fused-ring (bicyclic) bond motifs is 1. The van der Waals surface area contributed by atoms with E-state index < -0.39 is 0 Å². The number of hydrogen-bond acceptors (Lipinski definition) is 3. The van der Waals surface area contributed by atoms with Crippen molar-refractivity contribution in [1.82, 2.24) is 9.78 Å². The van der Waals surface area contributed by atoms with Crippen LogP contribution in [0, 0.1) is 0 Å². The lowest BCUT2D eigenvalue weighted by Crippen LogP contribution is -1.94. The summed E-state index contributed by atoms with van der Waals surface area (Å²) in [5, 5.41) is 23.9. The Morgan fingerprint density at radius 2 is 1.59 bits per heavy atom. The van der Waals surface area contributed by atoms with Gasteiger partial charge in [0.15, 0.2) is 0 Å². The lowest BCUT2D eigenvalue weighted by molar-refractivity contribution is 0.474. The van der Waals surface area contributed by atoms with Crippen molar-refractivity contribution in [2.45, 2.75) is 0 Å². The van der Waals surface area contributed by atoms with Crippen LogP contribution in [-0.2, 0) is 0 Å². The molecule has 0 amide bonds. The number of hydrogen-bond donors (Lipinski definition) is 2. The fraction of sp³-hybridized carbons (Fsp3) is 0. The van der Waals surface area contributed by atoms with E-state index in [2.05, 4.69) is 5.10 Å². The van der Waals surface area contributed by atoms with Gasteiger partial charge in [0.2, 0.25) is 0 Å². The van der Waals surface area contributed by atoms with E-state index in [0.717, 1.165) is 16.6 Å². The van der Waals surface area contributed by atoms with E-state index in [1.807, 2.05) is 6.07 Å². The van der Waals surface area contributed by atoms with E-state index in [1.54, 1.807) is 47.3 Å². The first-order chi connectivity index (χ1) is 8.24. The molecule has 3 aromatic rings. The third kappa shape index (κ3) is 1.59. The number of benzene rings is 2. The van der Waals surface area contributed by atoms with Crippen molar-refractivity contribution in [2.75, 3.05) is 0 Å². The zero-order valence-electron chi connectivity index (χ0n) is 8.91. The summed E-state index contributed by atoms with van der Waals surface area (Å²) in [7, 11) is 0. The van der Waals surface area contributed by atoms with Gasteiger partial charge in [0.05, 0.1) is 17.4 Å². The molecule has 0 aliphatic carbocycles. The lowest BCUT2D eigenvalue weighted by Gasteiger charge is -2.03. The predicted octanol–water partition coefficient (Wildman–Crippen LogP) is 2.44. The molecule has 84 valence electrons. The van der Waals surface area contributed by atoms with E-state index in [9.17, 15) is 10.2 Å². The zero-order chi connectivity index (χ0) is 11.8. The minimum absolute atomic E-state index is 0.207. The van der Waals surface area contributed by atoms with Gasteiger partial charge in [-0.15, -0.1) is 0 Å². The Morgan fingerprint density at radius 1 is 0.882 bits per heavy atom. The molecule has 0 spiro atoms. The molecule has 0 fully saturated rings. The molecule has 0 aliphatic heterocycles. The van der Waals surface area contributed by atoms with Crippen molar-refractivity contribution in [3.63, 3.8) is 0 Å². The molecule has 3 rings (SSSR count). The van der Waals surface area contributed by atoms with Crippen LogP contribution in [0.25, 0.3) is 16.6 Å². The van der Waals surface area contributed by atoms with Gasteiger partial charge in [-0.25, -0.2) is 4.68 Å². The second-order valence-electron chi connectivity index (χ2n) is 3.82. The van der Waals surface area contributed by atoms with Crippen molar-refractivity contribution >= 4 is 10.9 Å². The molecule has 17 heavy (non-hydrogen) atoms. The van der Waals surface area contributed by atoms with Crippen LogP contribution in [0.4, 0.5) is 0 Å². The number of rotatable bonds is 1. The Morgan fingerprint density at radius 3 is 2.35 bits per heavy atom. The summed E-state index contributed by atoms with van der Waals surface area (Å²) in [6.45, 7) is 0. The monoisotopic (exact) mass is 226 g/mol. The van der Waals surface area contributed by atoms with Crippen LogP contribution in [0.15, 0.2) is 48.7 Å². The Bertz CT molecular complexity index is 671.